The van der Waals surface area contributed by atoms with Gasteiger partial charge in [-0.05, 0) is 60.1 Å². The summed E-state index contributed by atoms with van der Waals surface area (Å²) in [6.45, 7) is 4.24. The fourth-order valence-electron chi connectivity index (χ4n) is 3.84. The molecule has 1 aliphatic rings. The van der Waals surface area contributed by atoms with Crippen LogP contribution in [0.5, 0.6) is 5.75 Å². The Morgan fingerprint density at radius 2 is 2.09 bits per heavy atom. The number of ether oxygens (including phenoxy) is 2. The van der Waals surface area contributed by atoms with E-state index in [4.69, 9.17) is 14.6 Å². The van der Waals surface area contributed by atoms with Crippen molar-refractivity contribution >= 4 is 34.4 Å². The number of nitrogens with zero attached hydrogens (tertiary/aromatic N) is 1. The van der Waals surface area contributed by atoms with Crippen LogP contribution in [-0.4, -0.2) is 78.6 Å². The maximum Gasteiger partial charge on any atom is 0.247 e. The summed E-state index contributed by atoms with van der Waals surface area (Å²) in [7, 11) is 1.56. The largest absolute Gasteiger partial charge is 0.482 e. The van der Waals surface area contributed by atoms with Crippen molar-refractivity contribution < 1.29 is 29.3 Å². The number of nitrogens with one attached hydrogen (secondary N) is 1. The van der Waals surface area contributed by atoms with E-state index in [1.165, 1.54) is 0 Å². The number of amides is 2. The Kier molecular flexibility index (Phi) is 12.6. The molecule has 0 saturated carbocycles. The number of aliphatic hydroxyl groups is 2. The van der Waals surface area contributed by atoms with Gasteiger partial charge < -0.3 is 29.9 Å². The molecule has 188 valence electrons. The molecule has 3 N–H and O–H groups in total. The van der Waals surface area contributed by atoms with Gasteiger partial charge in [0.25, 0.3) is 0 Å². The van der Waals surface area contributed by atoms with E-state index < -0.39 is 18.2 Å². The first-order valence-corrected chi connectivity index (χ1v) is 12.6. The second kappa shape index (κ2) is 15.1. The van der Waals surface area contributed by atoms with Crippen molar-refractivity contribution in [3.05, 3.63) is 52.1 Å². The highest BCUT2D eigenvalue weighted by molar-refractivity contribution is 14.1. The summed E-state index contributed by atoms with van der Waals surface area (Å²) in [5.74, 6) is 0.126. The average molecular weight is 586 g/mol. The molecule has 0 fully saturated rings. The summed E-state index contributed by atoms with van der Waals surface area (Å²) in [5.41, 5.74) is 0.404. The minimum atomic E-state index is -1.04. The first kappa shape index (κ1) is 28.3. The Labute approximate surface area is 215 Å². The van der Waals surface area contributed by atoms with E-state index in [0.717, 1.165) is 16.4 Å². The number of hydrogen-bond acceptors (Lipinski definition) is 6. The second-order valence-corrected chi connectivity index (χ2v) is 9.22. The molecule has 2 rings (SSSR count). The Bertz CT molecular complexity index is 846. The number of allylic oxidation sites excluding steroid dienone is 1. The van der Waals surface area contributed by atoms with Crippen LogP contribution in [-0.2, 0) is 14.3 Å². The molecule has 0 saturated heterocycles. The number of rotatable bonds is 14. The maximum atomic E-state index is 13.2. The fourth-order valence-corrected chi connectivity index (χ4v) is 4.35. The molecule has 0 aromatic heterocycles. The smallest absolute Gasteiger partial charge is 0.247 e. The van der Waals surface area contributed by atoms with E-state index in [0.29, 0.717) is 37.3 Å². The van der Waals surface area contributed by atoms with Gasteiger partial charge in [-0.25, -0.2) is 0 Å². The van der Waals surface area contributed by atoms with Gasteiger partial charge in [-0.15, -0.1) is 6.58 Å². The van der Waals surface area contributed by atoms with Gasteiger partial charge >= 0.3 is 0 Å². The van der Waals surface area contributed by atoms with Crippen LogP contribution in [0.1, 0.15) is 32.1 Å². The van der Waals surface area contributed by atoms with Crippen LogP contribution in [0.25, 0.3) is 0 Å². The predicted molar refractivity (Wildman–Crippen MR) is 138 cm³/mol. The summed E-state index contributed by atoms with van der Waals surface area (Å²) in [6.07, 6.45) is 4.47. The minimum Gasteiger partial charge on any atom is -0.482 e. The van der Waals surface area contributed by atoms with Crippen LogP contribution >= 0.6 is 22.6 Å². The van der Waals surface area contributed by atoms with Crippen LogP contribution in [0.4, 0.5) is 0 Å². The number of aliphatic hydroxyl groups excluding tert-OH is 2. The third-order valence-corrected chi connectivity index (χ3v) is 6.51. The van der Waals surface area contributed by atoms with E-state index in [2.05, 4.69) is 34.5 Å². The quantitative estimate of drug-likeness (QED) is 0.176. The molecule has 3 atom stereocenters. The van der Waals surface area contributed by atoms with Crippen molar-refractivity contribution in [1.82, 2.24) is 10.2 Å². The van der Waals surface area contributed by atoms with E-state index >= 15 is 0 Å². The Morgan fingerprint density at radius 1 is 1.32 bits per heavy atom. The first-order chi connectivity index (χ1) is 16.4. The maximum absolute atomic E-state index is 13.2. The first-order valence-electron chi connectivity index (χ1n) is 11.5. The lowest BCUT2D eigenvalue weighted by molar-refractivity contribution is -0.139. The number of carbonyl (C=O) groups excluding carboxylic acids is 2. The molecule has 9 heteroatoms. The molecule has 0 unspecified atom stereocenters. The van der Waals surface area contributed by atoms with E-state index in [1.807, 2.05) is 24.3 Å². The predicted octanol–water partition coefficient (Wildman–Crippen LogP) is 2.43. The molecule has 8 nitrogen and oxygen atoms in total. The molecular formula is C25H35IN2O6. The summed E-state index contributed by atoms with van der Waals surface area (Å²) < 4.78 is 12.2. The van der Waals surface area contributed by atoms with Gasteiger partial charge in [-0.1, -0.05) is 18.2 Å². The second-order valence-electron chi connectivity index (χ2n) is 8.06. The van der Waals surface area contributed by atoms with Crippen LogP contribution in [0.2, 0.25) is 0 Å². The number of hydrogen-bond donors (Lipinski definition) is 3. The van der Waals surface area contributed by atoms with E-state index in [1.54, 1.807) is 24.2 Å². The number of unbranched alkanes of at least 4 members (excludes halogenated alkanes) is 2. The van der Waals surface area contributed by atoms with E-state index in [-0.39, 0.29) is 31.4 Å². The number of benzene rings is 1. The van der Waals surface area contributed by atoms with Crippen molar-refractivity contribution in [2.24, 2.45) is 0 Å². The third-order valence-electron chi connectivity index (χ3n) is 5.62. The summed E-state index contributed by atoms with van der Waals surface area (Å²) in [5, 5.41) is 23.0. The van der Waals surface area contributed by atoms with Crippen LogP contribution < -0.4 is 10.1 Å². The van der Waals surface area contributed by atoms with Gasteiger partial charge in [0.1, 0.15) is 18.0 Å². The highest BCUT2D eigenvalue weighted by Gasteiger charge is 2.40. The number of para-hydroxylation sites is 1. The van der Waals surface area contributed by atoms with Gasteiger partial charge in [-0.3, -0.25) is 9.59 Å². The van der Waals surface area contributed by atoms with E-state index in [9.17, 15) is 14.7 Å². The average Bonchev–Trinajstić information content (AvgIpc) is 2.83. The highest BCUT2D eigenvalue weighted by atomic mass is 127. The molecule has 1 aromatic carbocycles. The normalized spacial score (nSPS) is 19.8. The van der Waals surface area contributed by atoms with Gasteiger partial charge in [0.15, 0.2) is 0 Å². The zero-order valence-corrected chi connectivity index (χ0v) is 21.8. The molecule has 0 heterocycles. The lowest BCUT2D eigenvalue weighted by Gasteiger charge is -2.40. The summed E-state index contributed by atoms with van der Waals surface area (Å²) in [6, 6.07) is 6.74. The third kappa shape index (κ3) is 8.37. The molecule has 34 heavy (non-hydrogen) atoms. The van der Waals surface area contributed by atoms with Gasteiger partial charge in [0.05, 0.1) is 22.8 Å². The lowest BCUT2D eigenvalue weighted by atomic mass is 9.88. The number of methoxy groups -OCH3 is 1. The highest BCUT2D eigenvalue weighted by Crippen LogP contribution is 2.30. The van der Waals surface area contributed by atoms with Crippen LogP contribution in [0, 0.1) is 3.57 Å². The number of carbonyl (C=O) groups is 2. The van der Waals surface area contributed by atoms with Gasteiger partial charge in [0, 0.05) is 38.6 Å². The molecule has 1 aromatic rings. The van der Waals surface area contributed by atoms with Gasteiger partial charge in [0.2, 0.25) is 11.8 Å². The zero-order valence-electron chi connectivity index (χ0n) is 19.6. The molecule has 2 amide bonds. The topological polar surface area (TPSA) is 108 Å². The Hall–Kier alpha value is -1.95. The van der Waals surface area contributed by atoms with Crippen molar-refractivity contribution in [3.8, 4) is 5.75 Å². The van der Waals surface area contributed by atoms with Gasteiger partial charge in [-0.2, -0.15) is 0 Å². The van der Waals surface area contributed by atoms with Crippen molar-refractivity contribution in [1.29, 1.82) is 0 Å². The Balaban J connectivity index is 2.31. The van der Waals surface area contributed by atoms with Crippen molar-refractivity contribution in [2.45, 2.75) is 50.4 Å². The minimum absolute atomic E-state index is 0.102. The van der Waals surface area contributed by atoms with Crippen molar-refractivity contribution in [3.63, 3.8) is 0 Å². The lowest BCUT2D eigenvalue weighted by Crippen LogP contribution is -2.55. The molecule has 0 bridgehead atoms. The standard InChI is InChI=1S/C25H35IN2O6/c1-3-4-5-6-11-23(30)28(13-15-33-2)20-16-18(25(32)27-12-14-29)17-22(24(20)31)34-21-10-8-7-9-19(21)26/h3,7-10,17,20,22,24,29,31H,1,4-6,11-16H2,2H3,(H,27,32)/t20-,22+,24+/m1/s1. The Morgan fingerprint density at radius 3 is 2.76 bits per heavy atom. The number of halogens is 1. The van der Waals surface area contributed by atoms with Crippen LogP contribution in [0.3, 0.4) is 0 Å². The van der Waals surface area contributed by atoms with Crippen molar-refractivity contribution in [2.75, 3.05) is 33.4 Å². The fraction of sp³-hybridized carbons (Fsp3) is 0.520. The summed E-state index contributed by atoms with van der Waals surface area (Å²) in [4.78, 5) is 27.5. The molecule has 1 aliphatic carbocycles. The SMILES string of the molecule is C=CCCCCC(=O)N(CCOC)[C@@H]1CC(C(=O)NCCO)=C[C@H](Oc2ccccc2I)[C@H]1O. The monoisotopic (exact) mass is 586 g/mol. The molecule has 0 spiro atoms. The zero-order chi connectivity index (χ0) is 24.9. The molecular weight excluding hydrogens is 551 g/mol. The van der Waals surface area contributed by atoms with Crippen LogP contribution in [0.15, 0.2) is 48.6 Å². The molecule has 0 aliphatic heterocycles. The molecule has 0 radical (unpaired) electrons. The summed E-state index contributed by atoms with van der Waals surface area (Å²) >= 11 is 2.15.